The molecule has 1 heterocycles. The largest absolute Gasteiger partial charge is 0.508 e. The molecule has 5 nitrogen and oxygen atoms in total. The highest BCUT2D eigenvalue weighted by molar-refractivity contribution is 14.0. The molecule has 1 aromatic heterocycles. The van der Waals surface area contributed by atoms with Crippen molar-refractivity contribution in [2.45, 2.75) is 19.9 Å². The second-order valence-electron chi connectivity index (χ2n) is 5.42. The van der Waals surface area contributed by atoms with Crippen LogP contribution < -0.4 is 10.1 Å². The smallest absolute Gasteiger partial charge is 0.193 e. The van der Waals surface area contributed by atoms with E-state index in [4.69, 9.17) is 4.74 Å². The summed E-state index contributed by atoms with van der Waals surface area (Å²) in [5.74, 6) is 1.78. The summed E-state index contributed by atoms with van der Waals surface area (Å²) in [4.78, 5) is 8.11. The molecule has 25 heavy (non-hydrogen) atoms. The topological polar surface area (TPSA) is 57.1 Å². The van der Waals surface area contributed by atoms with E-state index >= 15 is 0 Å². The number of phenols is 1. The van der Waals surface area contributed by atoms with E-state index in [1.807, 2.05) is 20.0 Å². The molecule has 0 bridgehead atoms. The van der Waals surface area contributed by atoms with Gasteiger partial charge >= 0.3 is 0 Å². The number of hydrogen-bond acceptors (Lipinski definition) is 4. The Kier molecular flexibility index (Phi) is 9.66. The summed E-state index contributed by atoms with van der Waals surface area (Å²) in [6.45, 7) is 4.13. The SMILES string of the molecule is CCNC(=NCc1cc(OC)ccc1O)N(C)CCc1cccs1.I. The molecule has 0 saturated heterocycles. The molecule has 0 spiro atoms. The molecule has 7 heteroatoms. The van der Waals surface area contributed by atoms with Crippen LogP contribution in [0.2, 0.25) is 0 Å². The van der Waals surface area contributed by atoms with Gasteiger partial charge in [0.2, 0.25) is 0 Å². The zero-order valence-corrected chi connectivity index (χ0v) is 18.0. The molecule has 0 fully saturated rings. The molecule has 0 amide bonds. The second kappa shape index (κ2) is 11.2. The lowest BCUT2D eigenvalue weighted by atomic mass is 10.2. The van der Waals surface area contributed by atoms with E-state index in [0.29, 0.717) is 12.3 Å². The Morgan fingerprint density at radius 3 is 2.80 bits per heavy atom. The number of hydrogen-bond donors (Lipinski definition) is 2. The normalized spacial score (nSPS) is 10.9. The zero-order chi connectivity index (χ0) is 17.4. The van der Waals surface area contributed by atoms with Crippen LogP contribution in [0.4, 0.5) is 0 Å². The number of phenolic OH excluding ortho intramolecular Hbond substituents is 1. The fourth-order valence-electron chi connectivity index (χ4n) is 2.28. The summed E-state index contributed by atoms with van der Waals surface area (Å²) in [7, 11) is 3.64. The highest BCUT2D eigenvalue weighted by atomic mass is 127. The summed E-state index contributed by atoms with van der Waals surface area (Å²) in [5.41, 5.74) is 0.747. The molecule has 0 aliphatic rings. The molecule has 1 aromatic carbocycles. The molecule has 0 atom stereocenters. The van der Waals surface area contributed by atoms with Gasteiger partial charge in [-0.15, -0.1) is 35.3 Å². The van der Waals surface area contributed by atoms with E-state index in [1.165, 1.54) is 4.88 Å². The van der Waals surface area contributed by atoms with Gasteiger partial charge in [0.25, 0.3) is 0 Å². The number of aliphatic imine (C=N–C) groups is 1. The van der Waals surface area contributed by atoms with Gasteiger partial charge in [-0.05, 0) is 43.0 Å². The van der Waals surface area contributed by atoms with Crippen LogP contribution in [0.3, 0.4) is 0 Å². The van der Waals surface area contributed by atoms with E-state index < -0.39 is 0 Å². The Hall–Kier alpha value is -1.48. The molecule has 0 radical (unpaired) electrons. The lowest BCUT2D eigenvalue weighted by Crippen LogP contribution is -2.39. The van der Waals surface area contributed by atoms with Gasteiger partial charge in [0.1, 0.15) is 11.5 Å². The highest BCUT2D eigenvalue weighted by Crippen LogP contribution is 2.23. The van der Waals surface area contributed by atoms with E-state index in [-0.39, 0.29) is 29.7 Å². The van der Waals surface area contributed by atoms with Crippen molar-refractivity contribution in [3.05, 3.63) is 46.2 Å². The first-order valence-corrected chi connectivity index (χ1v) is 8.89. The monoisotopic (exact) mass is 475 g/mol. The summed E-state index contributed by atoms with van der Waals surface area (Å²) in [6.07, 6.45) is 0.989. The molecule has 2 rings (SSSR count). The van der Waals surface area contributed by atoms with Crippen LogP contribution in [0.1, 0.15) is 17.4 Å². The third-order valence-electron chi connectivity index (χ3n) is 3.66. The zero-order valence-electron chi connectivity index (χ0n) is 14.9. The molecule has 0 aliphatic carbocycles. The molecular formula is C18H26IN3O2S. The lowest BCUT2D eigenvalue weighted by molar-refractivity contribution is 0.410. The van der Waals surface area contributed by atoms with Crippen molar-refractivity contribution < 1.29 is 9.84 Å². The summed E-state index contributed by atoms with van der Waals surface area (Å²) >= 11 is 1.77. The maximum atomic E-state index is 9.98. The van der Waals surface area contributed by atoms with Crippen molar-refractivity contribution in [1.29, 1.82) is 0 Å². The van der Waals surface area contributed by atoms with Crippen molar-refractivity contribution >= 4 is 41.3 Å². The van der Waals surface area contributed by atoms with Crippen LogP contribution in [-0.4, -0.2) is 43.2 Å². The van der Waals surface area contributed by atoms with Crippen molar-refractivity contribution in [2.24, 2.45) is 4.99 Å². The van der Waals surface area contributed by atoms with Crippen molar-refractivity contribution in [3.63, 3.8) is 0 Å². The van der Waals surface area contributed by atoms with Crippen LogP contribution in [0.15, 0.2) is 40.7 Å². The summed E-state index contributed by atoms with van der Waals surface area (Å²) in [5, 5.41) is 15.4. The predicted octanol–water partition coefficient (Wildman–Crippen LogP) is 3.72. The standard InChI is InChI=1S/C18H25N3O2S.HI/c1-4-19-18(21(2)10-9-16-6-5-11-24-16)20-13-14-12-15(23-3)7-8-17(14)22;/h5-8,11-12,22H,4,9-10,13H2,1-3H3,(H,19,20);1H. The number of aromatic hydroxyl groups is 1. The fourth-order valence-corrected chi connectivity index (χ4v) is 2.98. The maximum absolute atomic E-state index is 9.98. The number of guanidine groups is 1. The molecule has 0 unspecified atom stereocenters. The molecule has 2 N–H and O–H groups in total. The minimum Gasteiger partial charge on any atom is -0.508 e. The lowest BCUT2D eigenvalue weighted by Gasteiger charge is -2.22. The highest BCUT2D eigenvalue weighted by Gasteiger charge is 2.08. The second-order valence-corrected chi connectivity index (χ2v) is 6.45. The van der Waals surface area contributed by atoms with Gasteiger partial charge in [-0.1, -0.05) is 6.07 Å². The number of thiophene rings is 1. The van der Waals surface area contributed by atoms with E-state index in [1.54, 1.807) is 30.6 Å². The Balaban J connectivity index is 0.00000312. The molecule has 0 saturated carbocycles. The Bertz CT molecular complexity index is 662. The third-order valence-corrected chi connectivity index (χ3v) is 4.59. The molecule has 0 aliphatic heterocycles. The Morgan fingerprint density at radius 2 is 2.16 bits per heavy atom. The Labute approximate surface area is 170 Å². The van der Waals surface area contributed by atoms with E-state index in [9.17, 15) is 5.11 Å². The van der Waals surface area contributed by atoms with Crippen LogP contribution in [0.5, 0.6) is 11.5 Å². The molecule has 2 aromatic rings. The fraction of sp³-hybridized carbons (Fsp3) is 0.389. The predicted molar refractivity (Wildman–Crippen MR) is 116 cm³/mol. The number of nitrogens with zero attached hydrogens (tertiary/aromatic N) is 2. The first kappa shape index (κ1) is 21.6. The average Bonchev–Trinajstić information content (AvgIpc) is 3.11. The molecule has 138 valence electrons. The quantitative estimate of drug-likeness (QED) is 0.364. The van der Waals surface area contributed by atoms with Gasteiger partial charge in [0.05, 0.1) is 13.7 Å². The van der Waals surface area contributed by atoms with Crippen molar-refractivity contribution in [2.75, 3.05) is 27.2 Å². The number of rotatable bonds is 7. The van der Waals surface area contributed by atoms with Crippen molar-refractivity contribution in [3.8, 4) is 11.5 Å². The van der Waals surface area contributed by atoms with Gasteiger partial charge in [0.15, 0.2) is 5.96 Å². The summed E-state index contributed by atoms with van der Waals surface area (Å²) < 4.78 is 5.21. The summed E-state index contributed by atoms with van der Waals surface area (Å²) in [6, 6.07) is 9.41. The average molecular weight is 475 g/mol. The number of likely N-dealkylation sites (N-methyl/N-ethyl adjacent to an activating group) is 1. The van der Waals surface area contributed by atoms with Gasteiger partial charge in [0, 0.05) is 30.6 Å². The first-order chi connectivity index (χ1) is 11.6. The molecular weight excluding hydrogens is 449 g/mol. The number of benzene rings is 1. The maximum Gasteiger partial charge on any atom is 0.193 e. The number of halogens is 1. The van der Waals surface area contributed by atoms with Gasteiger partial charge in [-0.2, -0.15) is 0 Å². The number of nitrogens with one attached hydrogen (secondary N) is 1. The van der Waals surface area contributed by atoms with Gasteiger partial charge in [-0.3, -0.25) is 0 Å². The number of methoxy groups -OCH3 is 1. The van der Waals surface area contributed by atoms with Gasteiger partial charge in [-0.25, -0.2) is 4.99 Å². The third kappa shape index (κ3) is 6.74. The van der Waals surface area contributed by atoms with Crippen LogP contribution >= 0.6 is 35.3 Å². The minimum atomic E-state index is 0. The van der Waals surface area contributed by atoms with Crippen molar-refractivity contribution in [1.82, 2.24) is 10.2 Å². The number of ether oxygens (including phenoxy) is 1. The minimum absolute atomic E-state index is 0. The Morgan fingerprint density at radius 1 is 1.36 bits per heavy atom. The van der Waals surface area contributed by atoms with Crippen LogP contribution in [-0.2, 0) is 13.0 Å². The van der Waals surface area contributed by atoms with Gasteiger partial charge < -0.3 is 20.1 Å². The van der Waals surface area contributed by atoms with E-state index in [0.717, 1.165) is 31.0 Å². The van der Waals surface area contributed by atoms with Crippen LogP contribution in [0.25, 0.3) is 0 Å². The first-order valence-electron chi connectivity index (χ1n) is 8.01. The van der Waals surface area contributed by atoms with Crippen LogP contribution in [0, 0.1) is 0 Å². The van der Waals surface area contributed by atoms with E-state index in [2.05, 4.69) is 32.7 Å².